The van der Waals surface area contributed by atoms with Crippen LogP contribution in [-0.2, 0) is 14.3 Å². The Labute approximate surface area is 83.8 Å². The maximum atomic E-state index is 11.3. The van der Waals surface area contributed by atoms with Gasteiger partial charge in [-0.1, -0.05) is 12.2 Å². The highest BCUT2D eigenvalue weighted by Gasteiger charge is 2.26. The molecule has 0 unspecified atom stereocenters. The predicted octanol–water partition coefficient (Wildman–Crippen LogP) is 0.668. The molecule has 0 aromatic carbocycles. The third-order valence-corrected chi connectivity index (χ3v) is 1.46. The monoisotopic (exact) mass is 200 g/mol. The SMILES string of the molecule is C=CCO[C@@H](C(=O)OCC)[C@@H](O)C=C. The highest BCUT2D eigenvalue weighted by molar-refractivity contribution is 5.75. The van der Waals surface area contributed by atoms with E-state index in [-0.39, 0.29) is 13.2 Å². The number of carbonyl (C=O) groups is 1. The van der Waals surface area contributed by atoms with Gasteiger partial charge in [0.05, 0.1) is 13.2 Å². The molecule has 0 saturated heterocycles. The van der Waals surface area contributed by atoms with Crippen molar-refractivity contribution in [3.05, 3.63) is 25.3 Å². The van der Waals surface area contributed by atoms with E-state index in [0.717, 1.165) is 0 Å². The second-order valence-electron chi connectivity index (χ2n) is 2.52. The molecular formula is C10H16O4. The van der Waals surface area contributed by atoms with Gasteiger partial charge in [-0.3, -0.25) is 0 Å². The van der Waals surface area contributed by atoms with Gasteiger partial charge in [0, 0.05) is 0 Å². The number of hydrogen-bond donors (Lipinski definition) is 1. The molecule has 0 aliphatic heterocycles. The van der Waals surface area contributed by atoms with Crippen LogP contribution in [0.5, 0.6) is 0 Å². The van der Waals surface area contributed by atoms with Gasteiger partial charge in [0.15, 0.2) is 6.10 Å². The van der Waals surface area contributed by atoms with Gasteiger partial charge >= 0.3 is 5.97 Å². The zero-order valence-electron chi connectivity index (χ0n) is 8.31. The van der Waals surface area contributed by atoms with E-state index in [1.54, 1.807) is 6.92 Å². The van der Waals surface area contributed by atoms with E-state index in [1.165, 1.54) is 12.2 Å². The number of esters is 1. The van der Waals surface area contributed by atoms with Crippen molar-refractivity contribution in [3.63, 3.8) is 0 Å². The van der Waals surface area contributed by atoms with E-state index in [4.69, 9.17) is 9.47 Å². The van der Waals surface area contributed by atoms with Crippen LogP contribution in [0.4, 0.5) is 0 Å². The van der Waals surface area contributed by atoms with E-state index in [2.05, 4.69) is 13.2 Å². The summed E-state index contributed by atoms with van der Waals surface area (Å²) in [7, 11) is 0. The van der Waals surface area contributed by atoms with E-state index in [9.17, 15) is 9.90 Å². The average molecular weight is 200 g/mol. The van der Waals surface area contributed by atoms with Gasteiger partial charge in [-0.2, -0.15) is 0 Å². The molecule has 0 spiro atoms. The number of ether oxygens (including phenoxy) is 2. The maximum absolute atomic E-state index is 11.3. The summed E-state index contributed by atoms with van der Waals surface area (Å²) in [5.74, 6) is -0.596. The molecule has 14 heavy (non-hydrogen) atoms. The number of aliphatic hydroxyl groups excluding tert-OH is 1. The molecule has 0 heterocycles. The van der Waals surface area contributed by atoms with Crippen molar-refractivity contribution in [1.29, 1.82) is 0 Å². The van der Waals surface area contributed by atoms with Crippen molar-refractivity contribution >= 4 is 5.97 Å². The van der Waals surface area contributed by atoms with Gasteiger partial charge in [0.25, 0.3) is 0 Å². The average Bonchev–Trinajstić information content (AvgIpc) is 2.18. The third-order valence-electron chi connectivity index (χ3n) is 1.46. The predicted molar refractivity (Wildman–Crippen MR) is 52.8 cm³/mol. The zero-order valence-corrected chi connectivity index (χ0v) is 8.31. The van der Waals surface area contributed by atoms with Crippen molar-refractivity contribution in [2.75, 3.05) is 13.2 Å². The Balaban J connectivity index is 4.28. The molecule has 0 radical (unpaired) electrons. The topological polar surface area (TPSA) is 55.8 Å². The summed E-state index contributed by atoms with van der Waals surface area (Å²) in [6.07, 6.45) is 0.631. The van der Waals surface area contributed by atoms with Crippen molar-refractivity contribution in [2.45, 2.75) is 19.1 Å². The molecule has 0 amide bonds. The maximum Gasteiger partial charge on any atom is 0.338 e. The minimum absolute atomic E-state index is 0.175. The van der Waals surface area contributed by atoms with Crippen LogP contribution in [0, 0.1) is 0 Å². The summed E-state index contributed by atoms with van der Waals surface area (Å²) in [5, 5.41) is 9.36. The smallest absolute Gasteiger partial charge is 0.338 e. The third kappa shape index (κ3) is 4.20. The summed E-state index contributed by atoms with van der Waals surface area (Å²) in [4.78, 5) is 11.3. The minimum Gasteiger partial charge on any atom is -0.464 e. The largest absolute Gasteiger partial charge is 0.464 e. The normalized spacial score (nSPS) is 14.1. The summed E-state index contributed by atoms with van der Waals surface area (Å²) in [6, 6.07) is 0. The van der Waals surface area contributed by atoms with Crippen LogP contribution in [0.1, 0.15) is 6.92 Å². The first-order valence-electron chi connectivity index (χ1n) is 4.37. The van der Waals surface area contributed by atoms with Gasteiger partial charge < -0.3 is 14.6 Å². The fourth-order valence-electron chi connectivity index (χ4n) is 0.826. The molecule has 1 N–H and O–H groups in total. The second kappa shape index (κ2) is 7.29. The first-order valence-corrected chi connectivity index (χ1v) is 4.37. The molecule has 0 rings (SSSR count). The first-order chi connectivity index (χ1) is 6.67. The van der Waals surface area contributed by atoms with E-state index in [1.807, 2.05) is 0 Å². The number of hydrogen-bond acceptors (Lipinski definition) is 4. The Hall–Kier alpha value is -1.13. The lowest BCUT2D eigenvalue weighted by Gasteiger charge is -2.18. The molecule has 0 saturated carbocycles. The zero-order chi connectivity index (χ0) is 11.0. The standard InChI is InChI=1S/C10H16O4/c1-4-7-14-9(8(11)5-2)10(12)13-6-3/h4-5,8-9,11H,1-2,6-7H2,3H3/t8-,9+/m0/s1. The molecule has 80 valence electrons. The molecule has 0 aromatic rings. The van der Waals surface area contributed by atoms with Crippen LogP contribution in [-0.4, -0.2) is 36.5 Å². The van der Waals surface area contributed by atoms with Gasteiger partial charge in [-0.05, 0) is 6.92 Å². The molecule has 4 heteroatoms. The lowest BCUT2D eigenvalue weighted by molar-refractivity contribution is -0.161. The lowest BCUT2D eigenvalue weighted by Crippen LogP contribution is -2.36. The Bertz CT molecular complexity index is 200. The number of aliphatic hydroxyl groups is 1. The van der Waals surface area contributed by atoms with E-state index < -0.39 is 18.2 Å². The van der Waals surface area contributed by atoms with Gasteiger partial charge in [0.1, 0.15) is 6.10 Å². The number of carbonyl (C=O) groups excluding carboxylic acids is 1. The van der Waals surface area contributed by atoms with Crippen LogP contribution < -0.4 is 0 Å². The summed E-state index contributed by atoms with van der Waals surface area (Å²) in [6.45, 7) is 8.91. The quantitative estimate of drug-likeness (QED) is 0.484. The van der Waals surface area contributed by atoms with Crippen LogP contribution in [0.3, 0.4) is 0 Å². The van der Waals surface area contributed by atoms with Crippen LogP contribution in [0.15, 0.2) is 25.3 Å². The highest BCUT2D eigenvalue weighted by atomic mass is 16.6. The van der Waals surface area contributed by atoms with Crippen molar-refractivity contribution < 1.29 is 19.4 Å². The number of rotatable bonds is 7. The van der Waals surface area contributed by atoms with E-state index >= 15 is 0 Å². The molecule has 0 aliphatic carbocycles. The lowest BCUT2D eigenvalue weighted by atomic mass is 10.2. The van der Waals surface area contributed by atoms with Crippen LogP contribution >= 0.6 is 0 Å². The molecular weight excluding hydrogens is 184 g/mol. The first kappa shape index (κ1) is 12.9. The van der Waals surface area contributed by atoms with E-state index in [0.29, 0.717) is 0 Å². The van der Waals surface area contributed by atoms with Crippen LogP contribution in [0.25, 0.3) is 0 Å². The highest BCUT2D eigenvalue weighted by Crippen LogP contribution is 2.04. The van der Waals surface area contributed by atoms with Crippen molar-refractivity contribution in [3.8, 4) is 0 Å². The molecule has 4 nitrogen and oxygen atoms in total. The second-order valence-corrected chi connectivity index (χ2v) is 2.52. The fourth-order valence-corrected chi connectivity index (χ4v) is 0.826. The Morgan fingerprint density at radius 2 is 2.21 bits per heavy atom. The van der Waals surface area contributed by atoms with Gasteiger partial charge in [-0.25, -0.2) is 4.79 Å². The molecule has 0 bridgehead atoms. The summed E-state index contributed by atoms with van der Waals surface area (Å²) >= 11 is 0. The van der Waals surface area contributed by atoms with Crippen LogP contribution in [0.2, 0.25) is 0 Å². The molecule has 2 atom stereocenters. The molecule has 0 fully saturated rings. The molecule has 0 aromatic heterocycles. The summed E-state index contributed by atoms with van der Waals surface area (Å²) < 4.78 is 9.76. The molecule has 0 aliphatic rings. The van der Waals surface area contributed by atoms with Crippen molar-refractivity contribution in [1.82, 2.24) is 0 Å². The van der Waals surface area contributed by atoms with Gasteiger partial charge in [0.2, 0.25) is 0 Å². The minimum atomic E-state index is -1.06. The Morgan fingerprint density at radius 3 is 2.64 bits per heavy atom. The van der Waals surface area contributed by atoms with Crippen molar-refractivity contribution in [2.24, 2.45) is 0 Å². The fraction of sp³-hybridized carbons (Fsp3) is 0.500. The Kier molecular flexibility index (Phi) is 6.70. The van der Waals surface area contributed by atoms with Gasteiger partial charge in [-0.15, -0.1) is 13.2 Å². The summed E-state index contributed by atoms with van der Waals surface area (Å²) in [5.41, 5.74) is 0. The Morgan fingerprint density at radius 1 is 1.57 bits per heavy atom.